The van der Waals surface area contributed by atoms with Gasteiger partial charge in [-0.05, 0) is 95.3 Å². The van der Waals surface area contributed by atoms with Crippen molar-refractivity contribution in [3.63, 3.8) is 0 Å². The zero-order valence-electron chi connectivity index (χ0n) is 39.2. The van der Waals surface area contributed by atoms with E-state index in [0.717, 1.165) is 35.9 Å². The Labute approximate surface area is 347 Å². The Hall–Kier alpha value is -1.10. The molecule has 56 heavy (non-hydrogen) atoms. The van der Waals surface area contributed by atoms with E-state index in [4.69, 9.17) is 32.2 Å². The van der Waals surface area contributed by atoms with Crippen LogP contribution in [0.3, 0.4) is 0 Å². The quantitative estimate of drug-likeness (QED) is 0.0826. The van der Waals surface area contributed by atoms with Crippen LogP contribution in [0.15, 0.2) is 24.3 Å². The molecular formula is C44H86O9Si3. The summed E-state index contributed by atoms with van der Waals surface area (Å²) in [5, 5.41) is 10.7. The number of rotatable bonds is 28. The summed E-state index contributed by atoms with van der Waals surface area (Å²) in [6.07, 6.45) is -1.69. The van der Waals surface area contributed by atoms with Gasteiger partial charge in [0.15, 0.2) is 31.1 Å². The first-order valence-electron chi connectivity index (χ1n) is 21.5. The van der Waals surface area contributed by atoms with Crippen LogP contribution in [0.2, 0.25) is 52.9 Å². The van der Waals surface area contributed by atoms with Gasteiger partial charge in [-0.25, -0.2) is 4.79 Å². The molecule has 1 N–H and O–H groups in total. The summed E-state index contributed by atoms with van der Waals surface area (Å²) in [6, 6.07) is 10.2. The van der Waals surface area contributed by atoms with Crippen molar-refractivity contribution >= 4 is 30.9 Å². The molecule has 0 spiro atoms. The van der Waals surface area contributed by atoms with E-state index in [1.807, 2.05) is 24.3 Å². The Balaban J connectivity index is 3.66. The SMILES string of the molecule is CC[Si](CC)(CC)O[C@H]([C@H](C)C[C@H](OC)[C@H](O[Si](C)(C)C(C)(C)C)[C@H](C[C@@H](C)CO[Si](C(C)C)(C(C)C)C(C)C)OC)[C@H](OCc1ccc(OC)cc1)C(=O)O. The molecule has 0 amide bonds. The van der Waals surface area contributed by atoms with Gasteiger partial charge >= 0.3 is 5.97 Å². The van der Waals surface area contributed by atoms with Crippen LogP contribution < -0.4 is 4.74 Å². The third-order valence-corrected chi connectivity index (χ3v) is 28.3. The Morgan fingerprint density at radius 2 is 1.21 bits per heavy atom. The van der Waals surface area contributed by atoms with E-state index in [2.05, 4.69) is 110 Å². The van der Waals surface area contributed by atoms with E-state index < -0.39 is 55.3 Å². The molecule has 0 bridgehead atoms. The van der Waals surface area contributed by atoms with E-state index in [-0.39, 0.29) is 29.6 Å². The van der Waals surface area contributed by atoms with Crippen molar-refractivity contribution in [3.05, 3.63) is 29.8 Å². The highest BCUT2D eigenvalue weighted by molar-refractivity contribution is 6.77. The fourth-order valence-electron chi connectivity index (χ4n) is 8.37. The highest BCUT2D eigenvalue weighted by Crippen LogP contribution is 2.43. The molecule has 0 unspecified atom stereocenters. The molecule has 0 radical (unpaired) electrons. The lowest BCUT2D eigenvalue weighted by atomic mass is 9.88. The number of aliphatic carboxylic acids is 1. The van der Waals surface area contributed by atoms with Crippen LogP contribution >= 0.6 is 0 Å². The number of ether oxygens (including phenoxy) is 4. The number of carboxylic acid groups (broad SMARTS) is 1. The zero-order chi connectivity index (χ0) is 43.2. The first-order valence-corrected chi connectivity index (χ1v) is 29.1. The van der Waals surface area contributed by atoms with Crippen molar-refractivity contribution < 1.29 is 42.1 Å². The van der Waals surface area contributed by atoms with E-state index in [0.29, 0.717) is 29.7 Å². The molecule has 1 rings (SSSR count). The maximum absolute atomic E-state index is 13.2. The van der Waals surface area contributed by atoms with Gasteiger partial charge in [0.25, 0.3) is 0 Å². The van der Waals surface area contributed by atoms with E-state index >= 15 is 0 Å². The lowest BCUT2D eigenvalue weighted by molar-refractivity contribution is -0.163. The average molecular weight is 843 g/mol. The fraction of sp³-hybridized carbons (Fsp3) is 0.841. The molecule has 0 saturated heterocycles. The molecule has 0 aliphatic rings. The smallest absolute Gasteiger partial charge is 0.335 e. The lowest BCUT2D eigenvalue weighted by Gasteiger charge is -2.45. The first kappa shape index (κ1) is 52.9. The maximum Gasteiger partial charge on any atom is 0.335 e. The Morgan fingerprint density at radius 1 is 0.732 bits per heavy atom. The zero-order valence-corrected chi connectivity index (χ0v) is 42.2. The molecule has 0 saturated carbocycles. The number of carboxylic acids is 1. The molecule has 328 valence electrons. The monoisotopic (exact) mass is 843 g/mol. The molecule has 0 aliphatic carbocycles. The molecule has 0 aliphatic heterocycles. The molecule has 1 aromatic rings. The number of hydrogen-bond donors (Lipinski definition) is 1. The second-order valence-corrected chi connectivity index (χ2v) is 33.8. The van der Waals surface area contributed by atoms with Gasteiger partial charge in [-0.2, -0.15) is 0 Å². The third kappa shape index (κ3) is 14.3. The first-order chi connectivity index (χ1) is 26.0. The lowest BCUT2D eigenvalue weighted by Crippen LogP contribution is -2.54. The van der Waals surface area contributed by atoms with Crippen LogP contribution in [-0.4, -0.2) is 94.5 Å². The van der Waals surface area contributed by atoms with Gasteiger partial charge in [0, 0.05) is 20.8 Å². The largest absolute Gasteiger partial charge is 0.497 e. The van der Waals surface area contributed by atoms with Crippen molar-refractivity contribution in [2.24, 2.45) is 11.8 Å². The van der Waals surface area contributed by atoms with Gasteiger partial charge in [-0.1, -0.05) is 109 Å². The Kier molecular flexibility index (Phi) is 22.3. The predicted molar refractivity (Wildman–Crippen MR) is 240 cm³/mol. The fourth-order valence-corrected chi connectivity index (χ4v) is 18.2. The summed E-state index contributed by atoms with van der Waals surface area (Å²) in [4.78, 5) is 13.2. The van der Waals surface area contributed by atoms with Crippen molar-refractivity contribution in [1.82, 2.24) is 0 Å². The van der Waals surface area contributed by atoms with Crippen molar-refractivity contribution in [3.8, 4) is 5.75 Å². The van der Waals surface area contributed by atoms with Gasteiger partial charge in [0.1, 0.15) is 5.75 Å². The number of hydrogen-bond acceptors (Lipinski definition) is 8. The summed E-state index contributed by atoms with van der Waals surface area (Å²) in [7, 11) is -1.54. The summed E-state index contributed by atoms with van der Waals surface area (Å²) < 4.78 is 45.9. The number of benzene rings is 1. The molecule has 1 aromatic carbocycles. The van der Waals surface area contributed by atoms with Crippen LogP contribution in [0, 0.1) is 11.8 Å². The van der Waals surface area contributed by atoms with Crippen LogP contribution in [-0.2, 0) is 38.9 Å². The third-order valence-electron chi connectivity index (χ3n) is 13.1. The van der Waals surface area contributed by atoms with E-state index in [9.17, 15) is 9.90 Å². The van der Waals surface area contributed by atoms with Gasteiger partial charge in [-0.3, -0.25) is 0 Å². The molecule has 0 heterocycles. The van der Waals surface area contributed by atoms with Gasteiger partial charge in [-0.15, -0.1) is 0 Å². The normalized spacial score (nSPS) is 17.2. The minimum absolute atomic E-state index is 0.0525. The van der Waals surface area contributed by atoms with Crippen LogP contribution in [0.4, 0.5) is 0 Å². The highest BCUT2D eigenvalue weighted by Gasteiger charge is 2.48. The van der Waals surface area contributed by atoms with Gasteiger partial charge in [0.2, 0.25) is 0 Å². The van der Waals surface area contributed by atoms with Crippen LogP contribution in [0.5, 0.6) is 5.75 Å². The predicted octanol–water partition coefficient (Wildman–Crippen LogP) is 11.7. The molecule has 0 fully saturated rings. The summed E-state index contributed by atoms with van der Waals surface area (Å²) >= 11 is 0. The number of carbonyl (C=O) groups is 1. The van der Waals surface area contributed by atoms with Crippen molar-refractivity contribution in [1.29, 1.82) is 0 Å². The summed E-state index contributed by atoms with van der Waals surface area (Å²) in [5.41, 5.74) is 2.37. The highest BCUT2D eigenvalue weighted by atomic mass is 28.4. The molecule has 12 heteroatoms. The molecular weight excluding hydrogens is 757 g/mol. The van der Waals surface area contributed by atoms with Crippen molar-refractivity contribution in [2.45, 2.75) is 200 Å². The van der Waals surface area contributed by atoms with E-state index in [1.54, 1.807) is 21.3 Å². The standard InChI is InChI=1S/C44H86O9Si3/c1-20-55(21-2,22-3)53-40(42(43(45)46)50-30-36-23-25-37(47-15)26-24-36)35(11)28-39(49-17)41(52-54(18,19)44(12,13)14)38(48-16)27-34(10)29-51-56(31(4)5,32(6)7)33(8)9/h23-26,31-35,38-42H,20-22,27-30H2,1-19H3,(H,45,46)/t34-,35-,38+,39+,40-,41-,42+/m1/s1. The van der Waals surface area contributed by atoms with Crippen LogP contribution in [0.1, 0.15) is 115 Å². The Bertz CT molecular complexity index is 1220. The molecule has 9 nitrogen and oxygen atoms in total. The van der Waals surface area contributed by atoms with E-state index in [1.165, 1.54) is 0 Å². The Morgan fingerprint density at radius 3 is 1.61 bits per heavy atom. The topological polar surface area (TPSA) is 102 Å². The number of methoxy groups -OCH3 is 3. The maximum atomic E-state index is 13.2. The minimum Gasteiger partial charge on any atom is -0.497 e. The average Bonchev–Trinajstić information content (AvgIpc) is 3.13. The summed E-state index contributed by atoms with van der Waals surface area (Å²) in [6.45, 7) is 36.9. The summed E-state index contributed by atoms with van der Waals surface area (Å²) in [5.74, 6) is -0.326. The van der Waals surface area contributed by atoms with Crippen molar-refractivity contribution in [2.75, 3.05) is 27.9 Å². The second-order valence-electron chi connectivity index (χ2n) is 18.8. The minimum atomic E-state index is -2.34. The van der Waals surface area contributed by atoms with Gasteiger partial charge < -0.3 is 37.3 Å². The molecule has 7 atom stereocenters. The second kappa shape index (κ2) is 23.6. The molecule has 0 aromatic heterocycles. The van der Waals surface area contributed by atoms with Gasteiger partial charge in [0.05, 0.1) is 38.1 Å². The van der Waals surface area contributed by atoms with Crippen LogP contribution in [0.25, 0.3) is 0 Å².